The van der Waals surface area contributed by atoms with Crippen LogP contribution in [0.15, 0.2) is 42.9 Å². The number of aryl methyl sites for hydroxylation is 1. The number of para-hydroxylation sites is 1. The van der Waals surface area contributed by atoms with Gasteiger partial charge in [0.2, 0.25) is 0 Å². The largest absolute Gasteiger partial charge is 0.339 e. The molecule has 2 heterocycles. The fourth-order valence-electron chi connectivity index (χ4n) is 1.94. The van der Waals surface area contributed by atoms with Crippen molar-refractivity contribution in [1.82, 2.24) is 15.0 Å². The van der Waals surface area contributed by atoms with E-state index in [4.69, 9.17) is 0 Å². The summed E-state index contributed by atoms with van der Waals surface area (Å²) in [6, 6.07) is 10.1. The second-order valence-electron chi connectivity index (χ2n) is 4.17. The summed E-state index contributed by atoms with van der Waals surface area (Å²) in [6.45, 7) is 1.99. The quantitative estimate of drug-likeness (QED) is 0.707. The van der Waals surface area contributed by atoms with E-state index in [1.165, 1.54) is 0 Å². The highest BCUT2D eigenvalue weighted by atomic mass is 127. The van der Waals surface area contributed by atoms with E-state index in [1.807, 2.05) is 31.2 Å². The third-order valence-electron chi connectivity index (χ3n) is 2.76. The van der Waals surface area contributed by atoms with Gasteiger partial charge in [-0.1, -0.05) is 18.2 Å². The first-order chi connectivity index (χ1) is 9.24. The summed E-state index contributed by atoms with van der Waals surface area (Å²) in [5, 5.41) is 4.44. The molecule has 0 saturated carbocycles. The molecule has 1 N–H and O–H groups in total. The third kappa shape index (κ3) is 2.51. The Hall–Kier alpha value is -1.76. The Morgan fingerprint density at radius 2 is 2.05 bits per heavy atom. The van der Waals surface area contributed by atoms with Gasteiger partial charge in [0.15, 0.2) is 0 Å². The summed E-state index contributed by atoms with van der Waals surface area (Å²) >= 11 is 2.22. The first-order valence-electron chi connectivity index (χ1n) is 5.83. The highest BCUT2D eigenvalue weighted by Gasteiger charge is 2.06. The molecular weight excluding hydrogens is 351 g/mol. The number of aromatic nitrogens is 3. The first-order valence-corrected chi connectivity index (χ1v) is 6.91. The summed E-state index contributed by atoms with van der Waals surface area (Å²) in [5.41, 5.74) is 2.97. The molecular formula is C14H11IN4. The average molecular weight is 362 g/mol. The summed E-state index contributed by atoms with van der Waals surface area (Å²) in [6.07, 6.45) is 3.33. The van der Waals surface area contributed by atoms with Crippen LogP contribution in [0.25, 0.3) is 10.9 Å². The number of hydrogen-bond donors (Lipinski definition) is 1. The zero-order valence-electron chi connectivity index (χ0n) is 10.3. The minimum atomic E-state index is 0.811. The van der Waals surface area contributed by atoms with E-state index in [2.05, 4.69) is 48.9 Å². The molecule has 4 nitrogen and oxygen atoms in total. The molecule has 0 atom stereocenters. The number of benzene rings is 1. The lowest BCUT2D eigenvalue weighted by molar-refractivity contribution is 1.15. The third-order valence-corrected chi connectivity index (χ3v) is 3.55. The normalized spacial score (nSPS) is 10.6. The van der Waals surface area contributed by atoms with Crippen LogP contribution < -0.4 is 5.32 Å². The molecule has 0 aliphatic rings. The zero-order valence-corrected chi connectivity index (χ0v) is 12.4. The van der Waals surface area contributed by atoms with Gasteiger partial charge in [-0.15, -0.1) is 0 Å². The van der Waals surface area contributed by atoms with Gasteiger partial charge in [0, 0.05) is 17.3 Å². The highest BCUT2D eigenvalue weighted by molar-refractivity contribution is 14.1. The van der Waals surface area contributed by atoms with Gasteiger partial charge >= 0.3 is 0 Å². The Bertz CT molecular complexity index is 742. The van der Waals surface area contributed by atoms with Crippen molar-refractivity contribution in [3.05, 3.63) is 52.1 Å². The molecule has 94 valence electrons. The van der Waals surface area contributed by atoms with Gasteiger partial charge in [0.05, 0.1) is 14.8 Å². The van der Waals surface area contributed by atoms with Crippen molar-refractivity contribution in [1.29, 1.82) is 0 Å². The number of hydrogen-bond acceptors (Lipinski definition) is 4. The molecule has 0 aliphatic carbocycles. The molecule has 5 heteroatoms. The van der Waals surface area contributed by atoms with Crippen LogP contribution >= 0.6 is 22.6 Å². The SMILES string of the molecule is Cc1cc(Nc2ncncc2I)c2ccccc2n1. The van der Waals surface area contributed by atoms with Gasteiger partial charge < -0.3 is 5.32 Å². The van der Waals surface area contributed by atoms with Crippen LogP contribution in [0.1, 0.15) is 5.69 Å². The highest BCUT2D eigenvalue weighted by Crippen LogP contribution is 2.26. The molecule has 0 aliphatic heterocycles. The van der Waals surface area contributed by atoms with Crippen LogP contribution in [0.2, 0.25) is 0 Å². The van der Waals surface area contributed by atoms with E-state index in [0.717, 1.165) is 31.7 Å². The van der Waals surface area contributed by atoms with Gasteiger partial charge in [0.1, 0.15) is 12.1 Å². The average Bonchev–Trinajstić information content (AvgIpc) is 2.41. The smallest absolute Gasteiger partial charge is 0.147 e. The number of fused-ring (bicyclic) bond motifs is 1. The fraction of sp³-hybridized carbons (Fsp3) is 0.0714. The lowest BCUT2D eigenvalue weighted by atomic mass is 10.1. The van der Waals surface area contributed by atoms with Crippen molar-refractivity contribution < 1.29 is 0 Å². The molecule has 0 saturated heterocycles. The maximum absolute atomic E-state index is 4.53. The van der Waals surface area contributed by atoms with Crippen LogP contribution in [-0.2, 0) is 0 Å². The van der Waals surface area contributed by atoms with Gasteiger partial charge in [-0.05, 0) is 41.6 Å². The Morgan fingerprint density at radius 3 is 2.89 bits per heavy atom. The Kier molecular flexibility index (Phi) is 3.29. The molecule has 3 rings (SSSR count). The van der Waals surface area contributed by atoms with Crippen molar-refractivity contribution >= 4 is 45.0 Å². The lowest BCUT2D eigenvalue weighted by Gasteiger charge is -2.10. The Morgan fingerprint density at radius 1 is 1.21 bits per heavy atom. The second kappa shape index (κ2) is 5.08. The van der Waals surface area contributed by atoms with Gasteiger partial charge in [-0.25, -0.2) is 9.97 Å². The van der Waals surface area contributed by atoms with Crippen molar-refractivity contribution in [3.63, 3.8) is 0 Å². The molecule has 0 spiro atoms. The second-order valence-corrected chi connectivity index (χ2v) is 5.33. The van der Waals surface area contributed by atoms with Crippen molar-refractivity contribution in [2.24, 2.45) is 0 Å². The summed E-state index contributed by atoms with van der Waals surface area (Å²) < 4.78 is 0.985. The summed E-state index contributed by atoms with van der Waals surface area (Å²) in [5.74, 6) is 0.811. The van der Waals surface area contributed by atoms with E-state index in [-0.39, 0.29) is 0 Å². The van der Waals surface area contributed by atoms with Crippen LogP contribution in [-0.4, -0.2) is 15.0 Å². The van der Waals surface area contributed by atoms with Crippen molar-refractivity contribution in [2.45, 2.75) is 6.92 Å². The monoisotopic (exact) mass is 362 g/mol. The zero-order chi connectivity index (χ0) is 13.2. The molecule has 1 aromatic carbocycles. The molecule has 0 amide bonds. The van der Waals surface area contributed by atoms with E-state index in [9.17, 15) is 0 Å². The minimum absolute atomic E-state index is 0.811. The lowest BCUT2D eigenvalue weighted by Crippen LogP contribution is -1.99. The summed E-state index contributed by atoms with van der Waals surface area (Å²) in [4.78, 5) is 12.8. The molecule has 0 fully saturated rings. The van der Waals surface area contributed by atoms with E-state index in [1.54, 1.807) is 12.5 Å². The Labute approximate surface area is 124 Å². The predicted molar refractivity (Wildman–Crippen MR) is 84.5 cm³/mol. The van der Waals surface area contributed by atoms with Crippen molar-refractivity contribution in [2.75, 3.05) is 5.32 Å². The van der Waals surface area contributed by atoms with E-state index < -0.39 is 0 Å². The number of halogens is 1. The standard InChI is InChI=1S/C14H11IN4/c1-9-6-13(10-4-2-3-5-12(10)18-9)19-14-11(15)7-16-8-17-14/h2-8H,1H3,(H,16,17,18,19). The molecule has 0 unspecified atom stereocenters. The predicted octanol–water partition coefficient (Wildman–Crippen LogP) is 3.68. The molecule has 0 radical (unpaired) electrons. The van der Waals surface area contributed by atoms with Crippen LogP contribution in [0, 0.1) is 10.5 Å². The minimum Gasteiger partial charge on any atom is -0.339 e. The summed E-state index contributed by atoms with van der Waals surface area (Å²) in [7, 11) is 0. The van der Waals surface area contributed by atoms with Gasteiger partial charge in [-0.3, -0.25) is 4.98 Å². The van der Waals surface area contributed by atoms with Crippen LogP contribution in [0.3, 0.4) is 0 Å². The fourth-order valence-corrected chi connectivity index (χ4v) is 2.38. The molecule has 3 aromatic rings. The molecule has 2 aromatic heterocycles. The number of nitrogens with zero attached hydrogens (tertiary/aromatic N) is 3. The van der Waals surface area contributed by atoms with Gasteiger partial charge in [-0.2, -0.15) is 0 Å². The Balaban J connectivity index is 2.13. The maximum atomic E-state index is 4.53. The first kappa shape index (κ1) is 12.3. The van der Waals surface area contributed by atoms with Crippen LogP contribution in [0.5, 0.6) is 0 Å². The molecule has 0 bridgehead atoms. The number of pyridine rings is 1. The van der Waals surface area contributed by atoms with Gasteiger partial charge in [0.25, 0.3) is 0 Å². The van der Waals surface area contributed by atoms with E-state index >= 15 is 0 Å². The van der Waals surface area contributed by atoms with E-state index in [0.29, 0.717) is 0 Å². The number of nitrogens with one attached hydrogen (secondary N) is 1. The topological polar surface area (TPSA) is 50.7 Å². The number of rotatable bonds is 2. The maximum Gasteiger partial charge on any atom is 0.147 e. The van der Waals surface area contributed by atoms with Crippen molar-refractivity contribution in [3.8, 4) is 0 Å². The number of anilines is 2. The van der Waals surface area contributed by atoms with Crippen LogP contribution in [0.4, 0.5) is 11.5 Å². The molecule has 19 heavy (non-hydrogen) atoms.